The molecule has 3 aromatic rings. The number of carbonyl (C=O) groups excluding carboxylic acids is 2. The van der Waals surface area contributed by atoms with E-state index in [1.165, 1.54) is 29.5 Å². The zero-order chi connectivity index (χ0) is 20.4. The van der Waals surface area contributed by atoms with E-state index in [-0.39, 0.29) is 22.9 Å². The molecule has 1 fully saturated rings. The molecular weight excluding hydrogens is 391 g/mol. The summed E-state index contributed by atoms with van der Waals surface area (Å²) in [5.41, 5.74) is 2.09. The summed E-state index contributed by atoms with van der Waals surface area (Å²) in [7, 11) is 0. The number of nitrogens with zero attached hydrogens (tertiary/aromatic N) is 3. The van der Waals surface area contributed by atoms with Gasteiger partial charge in [0.05, 0.1) is 6.04 Å². The third kappa shape index (κ3) is 4.17. The minimum atomic E-state index is -0.447. The molecule has 0 radical (unpaired) electrons. The van der Waals surface area contributed by atoms with Crippen molar-refractivity contribution in [2.75, 3.05) is 11.9 Å². The van der Waals surface area contributed by atoms with Crippen LogP contribution in [0.3, 0.4) is 0 Å². The lowest BCUT2D eigenvalue weighted by Gasteiger charge is -2.22. The number of carbonyl (C=O) groups is 2. The largest absolute Gasteiger partial charge is 0.329 e. The number of hydrogen-bond donors (Lipinski definition) is 1. The molecule has 1 saturated heterocycles. The average molecular weight is 410 g/mol. The second-order valence-electron chi connectivity index (χ2n) is 6.93. The zero-order valence-electron chi connectivity index (χ0n) is 15.8. The van der Waals surface area contributed by atoms with Crippen LogP contribution in [0.25, 0.3) is 0 Å². The number of likely N-dealkylation sites (tertiary alicyclic amines) is 1. The van der Waals surface area contributed by atoms with Crippen LogP contribution in [0.1, 0.15) is 49.6 Å². The summed E-state index contributed by atoms with van der Waals surface area (Å²) >= 11 is 1.18. The Balaban J connectivity index is 1.49. The molecular formula is C21H19FN4O2S. The molecule has 2 aromatic carbocycles. The van der Waals surface area contributed by atoms with Crippen LogP contribution in [0.4, 0.5) is 10.1 Å². The number of aromatic nitrogens is 2. The van der Waals surface area contributed by atoms with Crippen molar-refractivity contribution in [1.82, 2.24) is 15.1 Å². The Labute approximate surface area is 171 Å². The number of halogens is 1. The highest BCUT2D eigenvalue weighted by atomic mass is 32.1. The second kappa shape index (κ2) is 8.08. The summed E-state index contributed by atoms with van der Waals surface area (Å²) in [6.45, 7) is 2.53. The number of anilines is 1. The van der Waals surface area contributed by atoms with Gasteiger partial charge in [-0.05, 0) is 50.1 Å². The fourth-order valence-electron chi connectivity index (χ4n) is 3.34. The lowest BCUT2D eigenvalue weighted by atomic mass is 10.1. The minimum absolute atomic E-state index is 0.241. The maximum absolute atomic E-state index is 13.5. The first-order valence-corrected chi connectivity index (χ1v) is 10.1. The third-order valence-electron chi connectivity index (χ3n) is 4.81. The summed E-state index contributed by atoms with van der Waals surface area (Å²) in [5, 5.41) is 11.8. The van der Waals surface area contributed by atoms with Gasteiger partial charge in [0.2, 0.25) is 5.01 Å². The van der Waals surface area contributed by atoms with Crippen LogP contribution in [0.5, 0.6) is 0 Å². The van der Waals surface area contributed by atoms with E-state index in [4.69, 9.17) is 0 Å². The Hall–Kier alpha value is -3.13. The molecule has 6 nitrogen and oxygen atoms in total. The van der Waals surface area contributed by atoms with E-state index < -0.39 is 5.82 Å². The summed E-state index contributed by atoms with van der Waals surface area (Å²) in [6.07, 6.45) is 1.55. The zero-order valence-corrected chi connectivity index (χ0v) is 16.6. The lowest BCUT2D eigenvalue weighted by Crippen LogP contribution is -2.30. The maximum atomic E-state index is 13.5. The topological polar surface area (TPSA) is 75.2 Å². The first-order chi connectivity index (χ1) is 14.0. The molecule has 1 aromatic heterocycles. The van der Waals surface area contributed by atoms with Crippen LogP contribution in [0.2, 0.25) is 0 Å². The average Bonchev–Trinajstić information content (AvgIpc) is 3.38. The standard InChI is InChI=1S/C21H19FN4O2S/c1-13-7-9-16(10-8-13)23-18(27)20-25-24-19(29-20)17-6-3-11-26(17)21(28)14-4-2-5-15(22)12-14/h2,4-5,7-10,12,17H,3,6,11H2,1H3,(H,23,27). The Morgan fingerprint density at radius 1 is 1.17 bits per heavy atom. The second-order valence-corrected chi connectivity index (χ2v) is 7.94. The maximum Gasteiger partial charge on any atom is 0.286 e. The first-order valence-electron chi connectivity index (χ1n) is 9.29. The number of rotatable bonds is 4. The number of hydrogen-bond acceptors (Lipinski definition) is 5. The van der Waals surface area contributed by atoms with Crippen molar-refractivity contribution >= 4 is 28.8 Å². The predicted octanol–water partition coefficient (Wildman–Crippen LogP) is 4.22. The van der Waals surface area contributed by atoms with Gasteiger partial charge in [-0.15, -0.1) is 10.2 Å². The molecule has 1 N–H and O–H groups in total. The molecule has 8 heteroatoms. The van der Waals surface area contributed by atoms with Gasteiger partial charge in [-0.25, -0.2) is 4.39 Å². The van der Waals surface area contributed by atoms with Crippen molar-refractivity contribution in [3.63, 3.8) is 0 Å². The van der Waals surface area contributed by atoms with Gasteiger partial charge in [0.1, 0.15) is 10.8 Å². The van der Waals surface area contributed by atoms with Crippen LogP contribution in [-0.4, -0.2) is 33.5 Å². The molecule has 148 valence electrons. The molecule has 1 aliphatic rings. The molecule has 1 atom stereocenters. The fourth-order valence-corrected chi connectivity index (χ4v) is 4.22. The van der Waals surface area contributed by atoms with Gasteiger partial charge in [0.25, 0.3) is 11.8 Å². The molecule has 2 amide bonds. The molecule has 0 aliphatic carbocycles. The van der Waals surface area contributed by atoms with Crippen molar-refractivity contribution in [2.24, 2.45) is 0 Å². The molecule has 0 bridgehead atoms. The highest BCUT2D eigenvalue weighted by Gasteiger charge is 2.33. The van der Waals surface area contributed by atoms with Gasteiger partial charge in [-0.1, -0.05) is 35.1 Å². The first kappa shape index (κ1) is 19.2. The summed E-state index contributed by atoms with van der Waals surface area (Å²) in [5.74, 6) is -1.02. The van der Waals surface area contributed by atoms with Crippen molar-refractivity contribution in [3.8, 4) is 0 Å². The number of aryl methyl sites for hydroxylation is 1. The summed E-state index contributed by atoms with van der Waals surface area (Å²) in [4.78, 5) is 27.0. The number of amides is 2. The third-order valence-corrected chi connectivity index (χ3v) is 5.84. The van der Waals surface area contributed by atoms with E-state index in [2.05, 4.69) is 15.5 Å². The van der Waals surface area contributed by atoms with Crippen molar-refractivity contribution in [1.29, 1.82) is 0 Å². The van der Waals surface area contributed by atoms with E-state index in [0.717, 1.165) is 18.4 Å². The van der Waals surface area contributed by atoms with Gasteiger partial charge < -0.3 is 10.2 Å². The fraction of sp³-hybridized carbons (Fsp3) is 0.238. The quantitative estimate of drug-likeness (QED) is 0.699. The van der Waals surface area contributed by atoms with Crippen LogP contribution >= 0.6 is 11.3 Å². The van der Waals surface area contributed by atoms with Crippen LogP contribution in [0.15, 0.2) is 48.5 Å². The Kier molecular flexibility index (Phi) is 5.35. The highest BCUT2D eigenvalue weighted by Crippen LogP contribution is 2.34. The Morgan fingerprint density at radius 3 is 2.72 bits per heavy atom. The van der Waals surface area contributed by atoms with Crippen LogP contribution in [-0.2, 0) is 0 Å². The van der Waals surface area contributed by atoms with Crippen molar-refractivity contribution < 1.29 is 14.0 Å². The van der Waals surface area contributed by atoms with Gasteiger partial charge in [0.15, 0.2) is 0 Å². The molecule has 0 saturated carbocycles. The van der Waals surface area contributed by atoms with E-state index in [1.54, 1.807) is 11.0 Å². The van der Waals surface area contributed by atoms with Gasteiger partial charge in [-0.2, -0.15) is 0 Å². The van der Waals surface area contributed by atoms with Crippen LogP contribution < -0.4 is 5.32 Å². The van der Waals surface area contributed by atoms with Crippen LogP contribution in [0, 0.1) is 12.7 Å². The van der Waals surface area contributed by atoms with Crippen molar-refractivity contribution in [3.05, 3.63) is 75.5 Å². The Morgan fingerprint density at radius 2 is 1.97 bits per heavy atom. The van der Waals surface area contributed by atoms with E-state index >= 15 is 0 Å². The van der Waals surface area contributed by atoms with E-state index in [0.29, 0.717) is 22.8 Å². The molecule has 4 rings (SSSR count). The molecule has 0 spiro atoms. The SMILES string of the molecule is Cc1ccc(NC(=O)c2nnc(C3CCCN3C(=O)c3cccc(F)c3)s2)cc1. The summed E-state index contributed by atoms with van der Waals surface area (Å²) < 4.78 is 13.5. The lowest BCUT2D eigenvalue weighted by molar-refractivity contribution is 0.0734. The molecule has 2 heterocycles. The monoisotopic (exact) mass is 410 g/mol. The predicted molar refractivity (Wildman–Crippen MR) is 108 cm³/mol. The minimum Gasteiger partial charge on any atom is -0.329 e. The molecule has 1 unspecified atom stereocenters. The van der Waals surface area contributed by atoms with Crippen molar-refractivity contribution in [2.45, 2.75) is 25.8 Å². The summed E-state index contributed by atoms with van der Waals surface area (Å²) in [6, 6.07) is 12.9. The van der Waals surface area contributed by atoms with E-state index in [9.17, 15) is 14.0 Å². The normalized spacial score (nSPS) is 16.1. The van der Waals surface area contributed by atoms with Gasteiger partial charge >= 0.3 is 0 Å². The van der Waals surface area contributed by atoms with E-state index in [1.807, 2.05) is 31.2 Å². The highest BCUT2D eigenvalue weighted by molar-refractivity contribution is 7.13. The van der Waals surface area contributed by atoms with Gasteiger partial charge in [-0.3, -0.25) is 9.59 Å². The number of nitrogens with one attached hydrogen (secondary N) is 1. The Bertz CT molecular complexity index is 1050. The molecule has 1 aliphatic heterocycles. The smallest absolute Gasteiger partial charge is 0.286 e. The van der Waals surface area contributed by atoms with Gasteiger partial charge in [0, 0.05) is 17.8 Å². The number of benzene rings is 2. The molecule has 29 heavy (non-hydrogen) atoms.